The molecule has 1 aromatic rings. The molecule has 0 fully saturated rings. The van der Waals surface area contributed by atoms with Crippen molar-refractivity contribution in [3.63, 3.8) is 0 Å². The van der Waals surface area contributed by atoms with Crippen LogP contribution in [0, 0.1) is 0 Å². The van der Waals surface area contributed by atoms with E-state index in [1.165, 1.54) is 14.0 Å². The van der Waals surface area contributed by atoms with E-state index in [9.17, 15) is 4.79 Å². The van der Waals surface area contributed by atoms with Crippen molar-refractivity contribution in [1.29, 1.82) is 0 Å². The number of aliphatic carboxylic acids is 1. The number of hydrogen-bond donors (Lipinski definition) is 1. The van der Waals surface area contributed by atoms with Crippen molar-refractivity contribution < 1.29 is 19.4 Å². The van der Waals surface area contributed by atoms with Gasteiger partial charge in [-0.05, 0) is 30.7 Å². The van der Waals surface area contributed by atoms with Crippen LogP contribution in [0.3, 0.4) is 0 Å². The van der Waals surface area contributed by atoms with Crippen molar-refractivity contribution in [2.24, 2.45) is 0 Å². The molecular formula is C14H16O4. The lowest BCUT2D eigenvalue weighted by molar-refractivity contribution is -0.132. The smallest absolute Gasteiger partial charge is 0.331 e. The van der Waals surface area contributed by atoms with Gasteiger partial charge < -0.3 is 14.6 Å². The fourth-order valence-corrected chi connectivity index (χ4v) is 1.35. The molecule has 0 heterocycles. The Hall–Kier alpha value is -2.23. The second-order valence-corrected chi connectivity index (χ2v) is 3.64. The lowest BCUT2D eigenvalue weighted by atomic mass is 10.1. The third-order valence-electron chi connectivity index (χ3n) is 2.26. The average Bonchev–Trinajstić information content (AvgIpc) is 2.36. The molecule has 0 spiro atoms. The van der Waals surface area contributed by atoms with Crippen LogP contribution in [0.1, 0.15) is 12.5 Å². The fourth-order valence-electron chi connectivity index (χ4n) is 1.35. The number of carbonyl (C=O) groups is 1. The lowest BCUT2D eigenvalue weighted by Crippen LogP contribution is -1.97. The normalized spacial score (nSPS) is 10.9. The van der Waals surface area contributed by atoms with Gasteiger partial charge in [0.25, 0.3) is 0 Å². The number of methoxy groups -OCH3 is 1. The van der Waals surface area contributed by atoms with Crippen LogP contribution >= 0.6 is 0 Å². The van der Waals surface area contributed by atoms with E-state index in [4.69, 9.17) is 14.6 Å². The van der Waals surface area contributed by atoms with Gasteiger partial charge in [0, 0.05) is 5.57 Å². The van der Waals surface area contributed by atoms with Crippen LogP contribution in [0.25, 0.3) is 6.08 Å². The van der Waals surface area contributed by atoms with Crippen molar-refractivity contribution in [2.75, 3.05) is 13.7 Å². The van der Waals surface area contributed by atoms with Crippen molar-refractivity contribution >= 4 is 12.0 Å². The number of rotatable bonds is 6. The van der Waals surface area contributed by atoms with Crippen LogP contribution in [0.2, 0.25) is 0 Å². The summed E-state index contributed by atoms with van der Waals surface area (Å²) < 4.78 is 10.6. The summed E-state index contributed by atoms with van der Waals surface area (Å²) in [6.45, 7) is 5.49. The molecule has 18 heavy (non-hydrogen) atoms. The van der Waals surface area contributed by atoms with Gasteiger partial charge in [-0.2, -0.15) is 0 Å². The standard InChI is InChI=1S/C14H16O4/c1-4-7-18-12-6-5-11(9-13(12)17-3)8-10(2)14(15)16/h4-6,8-9H,1,7H2,2-3H3,(H,15,16). The molecule has 0 aliphatic rings. The molecule has 1 aromatic carbocycles. The maximum Gasteiger partial charge on any atom is 0.331 e. The molecular weight excluding hydrogens is 232 g/mol. The Morgan fingerprint density at radius 3 is 2.72 bits per heavy atom. The van der Waals surface area contributed by atoms with Gasteiger partial charge in [0.15, 0.2) is 11.5 Å². The van der Waals surface area contributed by atoms with E-state index < -0.39 is 5.97 Å². The minimum absolute atomic E-state index is 0.261. The molecule has 0 bridgehead atoms. The second kappa shape index (κ2) is 6.49. The van der Waals surface area contributed by atoms with E-state index >= 15 is 0 Å². The van der Waals surface area contributed by atoms with Crippen molar-refractivity contribution in [1.82, 2.24) is 0 Å². The molecule has 96 valence electrons. The molecule has 0 radical (unpaired) electrons. The molecule has 0 unspecified atom stereocenters. The van der Waals surface area contributed by atoms with Gasteiger partial charge in [-0.25, -0.2) is 4.79 Å². The zero-order valence-electron chi connectivity index (χ0n) is 10.5. The van der Waals surface area contributed by atoms with Crippen LogP contribution in [-0.2, 0) is 4.79 Å². The highest BCUT2D eigenvalue weighted by atomic mass is 16.5. The van der Waals surface area contributed by atoms with Gasteiger partial charge in [0.1, 0.15) is 6.61 Å². The summed E-state index contributed by atoms with van der Waals surface area (Å²) in [4.78, 5) is 10.7. The number of carboxylic acid groups (broad SMARTS) is 1. The van der Waals surface area contributed by atoms with E-state index in [-0.39, 0.29) is 5.57 Å². The third kappa shape index (κ3) is 3.66. The Kier molecular flexibility index (Phi) is 4.99. The first-order valence-corrected chi connectivity index (χ1v) is 5.41. The largest absolute Gasteiger partial charge is 0.493 e. The molecule has 1 N–H and O–H groups in total. The zero-order valence-corrected chi connectivity index (χ0v) is 10.5. The van der Waals surface area contributed by atoms with Gasteiger partial charge in [-0.15, -0.1) is 0 Å². The summed E-state index contributed by atoms with van der Waals surface area (Å²) in [6.07, 6.45) is 3.21. The van der Waals surface area contributed by atoms with Crippen LogP contribution in [0.5, 0.6) is 11.5 Å². The van der Waals surface area contributed by atoms with E-state index in [0.29, 0.717) is 18.1 Å². The number of carboxylic acids is 1. The van der Waals surface area contributed by atoms with Crippen molar-refractivity contribution in [3.05, 3.63) is 42.0 Å². The first-order valence-electron chi connectivity index (χ1n) is 5.41. The Morgan fingerprint density at radius 1 is 1.44 bits per heavy atom. The van der Waals surface area contributed by atoms with Crippen molar-refractivity contribution in [3.8, 4) is 11.5 Å². The summed E-state index contributed by atoms with van der Waals surface area (Å²) in [6, 6.07) is 5.24. The van der Waals surface area contributed by atoms with E-state index in [2.05, 4.69) is 6.58 Å². The van der Waals surface area contributed by atoms with Crippen molar-refractivity contribution in [2.45, 2.75) is 6.92 Å². The maximum atomic E-state index is 10.7. The quantitative estimate of drug-likeness (QED) is 0.621. The van der Waals surface area contributed by atoms with E-state index in [0.717, 1.165) is 5.56 Å². The SMILES string of the molecule is C=CCOc1ccc(C=C(C)C(=O)O)cc1OC. The molecule has 0 aromatic heterocycles. The molecule has 0 amide bonds. The van der Waals surface area contributed by atoms with E-state index in [1.807, 2.05) is 0 Å². The topological polar surface area (TPSA) is 55.8 Å². The number of ether oxygens (including phenoxy) is 2. The minimum Gasteiger partial charge on any atom is -0.493 e. The summed E-state index contributed by atoms with van der Waals surface area (Å²) >= 11 is 0. The monoisotopic (exact) mass is 248 g/mol. The summed E-state index contributed by atoms with van der Waals surface area (Å²) in [5.41, 5.74) is 1.01. The van der Waals surface area contributed by atoms with Gasteiger partial charge in [0.05, 0.1) is 7.11 Å². The Balaban J connectivity index is 3.01. The first kappa shape index (κ1) is 13.8. The molecule has 0 saturated heterocycles. The molecule has 0 atom stereocenters. The highest BCUT2D eigenvalue weighted by molar-refractivity contribution is 5.91. The van der Waals surface area contributed by atoms with Gasteiger partial charge in [-0.1, -0.05) is 18.7 Å². The van der Waals surface area contributed by atoms with Crippen LogP contribution in [0.4, 0.5) is 0 Å². The van der Waals surface area contributed by atoms with Gasteiger partial charge >= 0.3 is 5.97 Å². The van der Waals surface area contributed by atoms with Gasteiger partial charge in [0.2, 0.25) is 0 Å². The third-order valence-corrected chi connectivity index (χ3v) is 2.26. The Morgan fingerprint density at radius 2 is 2.17 bits per heavy atom. The zero-order chi connectivity index (χ0) is 13.5. The lowest BCUT2D eigenvalue weighted by Gasteiger charge is -2.09. The maximum absolute atomic E-state index is 10.7. The molecule has 0 aliphatic carbocycles. The first-order chi connectivity index (χ1) is 8.58. The van der Waals surface area contributed by atoms with Crippen LogP contribution in [0.15, 0.2) is 36.4 Å². The fraction of sp³-hybridized carbons (Fsp3) is 0.214. The summed E-state index contributed by atoms with van der Waals surface area (Å²) in [5, 5.41) is 8.81. The second-order valence-electron chi connectivity index (χ2n) is 3.64. The number of benzene rings is 1. The molecule has 1 rings (SSSR count). The Labute approximate surface area is 106 Å². The van der Waals surface area contributed by atoms with Crippen LogP contribution < -0.4 is 9.47 Å². The Bertz CT molecular complexity index is 475. The van der Waals surface area contributed by atoms with Crippen LogP contribution in [-0.4, -0.2) is 24.8 Å². The summed E-state index contributed by atoms with van der Waals surface area (Å²) in [5.74, 6) is 0.215. The molecule has 4 heteroatoms. The molecule has 4 nitrogen and oxygen atoms in total. The number of hydrogen-bond acceptors (Lipinski definition) is 3. The molecule has 0 saturated carbocycles. The predicted octanol–water partition coefficient (Wildman–Crippen LogP) is 2.75. The summed E-state index contributed by atoms with van der Waals surface area (Å²) in [7, 11) is 1.54. The average molecular weight is 248 g/mol. The van der Waals surface area contributed by atoms with Gasteiger partial charge in [-0.3, -0.25) is 0 Å². The highest BCUT2D eigenvalue weighted by Gasteiger charge is 2.06. The highest BCUT2D eigenvalue weighted by Crippen LogP contribution is 2.28. The minimum atomic E-state index is -0.944. The molecule has 0 aliphatic heterocycles. The van der Waals surface area contributed by atoms with E-state index in [1.54, 1.807) is 30.4 Å². The predicted molar refractivity (Wildman–Crippen MR) is 70.0 cm³/mol.